The van der Waals surface area contributed by atoms with Gasteiger partial charge in [0.2, 0.25) is 11.5 Å². The molecule has 0 saturated carbocycles. The molecule has 1 heterocycles. The number of oxime groups is 1. The van der Waals surface area contributed by atoms with E-state index in [-0.39, 0.29) is 34.9 Å². The average molecular weight is 353 g/mol. The lowest BCUT2D eigenvalue weighted by Gasteiger charge is -2.04. The van der Waals surface area contributed by atoms with Crippen LogP contribution in [-0.4, -0.2) is 41.0 Å². The van der Waals surface area contributed by atoms with Gasteiger partial charge in [-0.25, -0.2) is 9.48 Å². The highest BCUT2D eigenvalue weighted by Crippen LogP contribution is 1.93. The highest BCUT2D eigenvalue weighted by Gasteiger charge is 2.23. The summed E-state index contributed by atoms with van der Waals surface area (Å²) in [6.07, 6.45) is 0. The SMILES string of the molecule is Br.CCOC(=O)C(=NOC)C(=O)Cn1ncsc1=N. The van der Waals surface area contributed by atoms with E-state index in [1.807, 2.05) is 0 Å². The molecule has 19 heavy (non-hydrogen) atoms. The summed E-state index contributed by atoms with van der Waals surface area (Å²) in [6.45, 7) is 1.48. The van der Waals surface area contributed by atoms with Gasteiger partial charge in [0.05, 0.1) is 6.61 Å². The van der Waals surface area contributed by atoms with E-state index in [1.54, 1.807) is 6.92 Å². The van der Waals surface area contributed by atoms with Crippen molar-refractivity contribution in [3.05, 3.63) is 10.3 Å². The molecule has 0 aliphatic heterocycles. The predicted octanol–water partition coefficient (Wildman–Crippen LogP) is 0.137. The molecule has 8 nitrogen and oxygen atoms in total. The smallest absolute Gasteiger partial charge is 0.364 e. The van der Waals surface area contributed by atoms with Crippen LogP contribution in [0.25, 0.3) is 0 Å². The van der Waals surface area contributed by atoms with Crippen molar-refractivity contribution in [3.63, 3.8) is 0 Å². The first-order chi connectivity index (χ1) is 8.60. The van der Waals surface area contributed by atoms with Crippen LogP contribution in [0, 0.1) is 5.41 Å². The molecule has 0 radical (unpaired) electrons. The summed E-state index contributed by atoms with van der Waals surface area (Å²) in [5.74, 6) is -1.48. The summed E-state index contributed by atoms with van der Waals surface area (Å²) >= 11 is 1.07. The first kappa shape index (κ1) is 17.4. The van der Waals surface area contributed by atoms with Gasteiger partial charge in [-0.2, -0.15) is 5.10 Å². The minimum absolute atomic E-state index is 0. The molecule has 0 bridgehead atoms. The van der Waals surface area contributed by atoms with Crippen molar-refractivity contribution < 1.29 is 19.2 Å². The monoisotopic (exact) mass is 352 g/mol. The third-order valence-corrected chi connectivity index (χ3v) is 2.43. The van der Waals surface area contributed by atoms with Gasteiger partial charge in [0, 0.05) is 0 Å². The standard InChI is InChI=1S/C9H12N4O4S.BrH/c1-3-17-8(15)7(12-16-2)6(14)4-13-9(10)18-5-11-13;/h5,10H,3-4H2,1-2H3;1H. The highest BCUT2D eigenvalue weighted by atomic mass is 79.9. The molecule has 0 amide bonds. The Kier molecular flexibility index (Phi) is 7.84. The van der Waals surface area contributed by atoms with Gasteiger partial charge in [0.25, 0.3) is 0 Å². The van der Waals surface area contributed by atoms with Gasteiger partial charge in [-0.15, -0.1) is 17.0 Å². The van der Waals surface area contributed by atoms with Crippen LogP contribution in [0.3, 0.4) is 0 Å². The summed E-state index contributed by atoms with van der Waals surface area (Å²) in [6, 6.07) is 0. The molecular weight excluding hydrogens is 340 g/mol. The van der Waals surface area contributed by atoms with Crippen LogP contribution in [0.4, 0.5) is 0 Å². The molecule has 106 valence electrons. The predicted molar refractivity (Wildman–Crippen MR) is 72.4 cm³/mol. The van der Waals surface area contributed by atoms with Crippen molar-refractivity contribution in [2.75, 3.05) is 13.7 Å². The molecule has 1 rings (SSSR count). The fourth-order valence-corrected chi connectivity index (χ4v) is 1.55. The summed E-state index contributed by atoms with van der Waals surface area (Å²) < 4.78 is 5.83. The zero-order valence-corrected chi connectivity index (χ0v) is 12.8. The van der Waals surface area contributed by atoms with Crippen molar-refractivity contribution in [3.8, 4) is 0 Å². The highest BCUT2D eigenvalue weighted by molar-refractivity contribution is 8.93. The van der Waals surface area contributed by atoms with Crippen molar-refractivity contribution in [1.29, 1.82) is 5.41 Å². The Labute approximate surface area is 123 Å². The summed E-state index contributed by atoms with van der Waals surface area (Å²) in [7, 11) is 1.22. The molecule has 0 aliphatic carbocycles. The molecule has 0 saturated heterocycles. The molecule has 0 atom stereocenters. The van der Waals surface area contributed by atoms with E-state index in [0.717, 1.165) is 16.0 Å². The second-order valence-electron chi connectivity index (χ2n) is 2.97. The van der Waals surface area contributed by atoms with E-state index in [4.69, 9.17) is 5.41 Å². The van der Waals surface area contributed by atoms with Gasteiger partial charge >= 0.3 is 5.97 Å². The van der Waals surface area contributed by atoms with E-state index in [1.165, 1.54) is 12.6 Å². The molecule has 1 aromatic rings. The number of hydrogen-bond acceptors (Lipinski definition) is 8. The van der Waals surface area contributed by atoms with Gasteiger partial charge in [-0.1, -0.05) is 16.5 Å². The number of carbonyl (C=O) groups is 2. The lowest BCUT2D eigenvalue weighted by molar-refractivity contribution is -0.136. The summed E-state index contributed by atoms with van der Waals surface area (Å²) in [5.41, 5.74) is 0.979. The fourth-order valence-electron chi connectivity index (χ4n) is 1.06. The Morgan fingerprint density at radius 2 is 2.26 bits per heavy atom. The molecule has 0 spiro atoms. The molecule has 1 aromatic heterocycles. The van der Waals surface area contributed by atoms with Gasteiger partial charge in [0.15, 0.2) is 4.80 Å². The number of Topliss-reactive ketones (excluding diaryl/α,β-unsaturated/α-hetero) is 1. The van der Waals surface area contributed by atoms with Crippen molar-refractivity contribution >= 4 is 45.8 Å². The van der Waals surface area contributed by atoms with Gasteiger partial charge in [-0.05, 0) is 6.92 Å². The number of nitrogens with one attached hydrogen (secondary N) is 1. The average Bonchev–Trinajstić information content (AvgIpc) is 2.72. The Balaban J connectivity index is 0.00000324. The number of ketones is 1. The lowest BCUT2D eigenvalue weighted by Crippen LogP contribution is -2.32. The Morgan fingerprint density at radius 1 is 1.58 bits per heavy atom. The number of carbonyl (C=O) groups excluding carboxylic acids is 2. The topological polar surface area (TPSA) is 107 Å². The van der Waals surface area contributed by atoms with Crippen LogP contribution >= 0.6 is 28.3 Å². The largest absolute Gasteiger partial charge is 0.461 e. The lowest BCUT2D eigenvalue weighted by atomic mass is 10.2. The minimum Gasteiger partial charge on any atom is -0.461 e. The van der Waals surface area contributed by atoms with E-state index >= 15 is 0 Å². The van der Waals surface area contributed by atoms with E-state index in [2.05, 4.69) is 19.8 Å². The van der Waals surface area contributed by atoms with Crippen LogP contribution in [0.2, 0.25) is 0 Å². The van der Waals surface area contributed by atoms with Crippen LogP contribution in [-0.2, 0) is 25.7 Å². The van der Waals surface area contributed by atoms with Crippen LogP contribution in [0.15, 0.2) is 10.7 Å². The van der Waals surface area contributed by atoms with Crippen molar-refractivity contribution in [2.24, 2.45) is 5.16 Å². The molecule has 0 fully saturated rings. The number of esters is 1. The van der Waals surface area contributed by atoms with E-state index in [0.29, 0.717) is 0 Å². The Hall–Kier alpha value is -1.55. The molecule has 0 unspecified atom stereocenters. The zero-order valence-electron chi connectivity index (χ0n) is 10.3. The molecular formula is C9H13BrN4O4S. The van der Waals surface area contributed by atoms with Crippen LogP contribution in [0.1, 0.15) is 6.92 Å². The number of nitrogens with zero attached hydrogens (tertiary/aromatic N) is 3. The van der Waals surface area contributed by atoms with Crippen LogP contribution < -0.4 is 4.80 Å². The molecule has 0 aromatic carbocycles. The Bertz CT molecular complexity index is 524. The first-order valence-corrected chi connectivity index (χ1v) is 5.84. The molecule has 10 heteroatoms. The number of rotatable bonds is 6. The van der Waals surface area contributed by atoms with Crippen LogP contribution in [0.5, 0.6) is 0 Å². The third kappa shape index (κ3) is 4.91. The number of halogens is 1. The van der Waals surface area contributed by atoms with E-state index < -0.39 is 17.5 Å². The van der Waals surface area contributed by atoms with Crippen molar-refractivity contribution in [2.45, 2.75) is 13.5 Å². The fraction of sp³-hybridized carbons (Fsp3) is 0.444. The molecule has 1 N–H and O–H groups in total. The molecule has 0 aliphatic rings. The number of ether oxygens (including phenoxy) is 1. The third-order valence-electron chi connectivity index (χ3n) is 1.79. The summed E-state index contributed by atoms with van der Waals surface area (Å²) in [4.78, 5) is 27.8. The zero-order chi connectivity index (χ0) is 13.5. The maximum atomic E-state index is 11.8. The second kappa shape index (κ2) is 8.53. The first-order valence-electron chi connectivity index (χ1n) is 4.96. The minimum atomic E-state index is -0.855. The van der Waals surface area contributed by atoms with E-state index in [9.17, 15) is 9.59 Å². The second-order valence-corrected chi connectivity index (χ2v) is 3.80. The maximum absolute atomic E-state index is 11.8. The van der Waals surface area contributed by atoms with Gasteiger partial charge in [-0.3, -0.25) is 10.2 Å². The van der Waals surface area contributed by atoms with Crippen molar-refractivity contribution in [1.82, 2.24) is 9.78 Å². The van der Waals surface area contributed by atoms with Gasteiger partial charge in [0.1, 0.15) is 19.2 Å². The summed E-state index contributed by atoms with van der Waals surface area (Å²) in [5, 5.41) is 14.6. The maximum Gasteiger partial charge on any atom is 0.364 e. The quantitative estimate of drug-likeness (QED) is 0.339. The Morgan fingerprint density at radius 3 is 2.74 bits per heavy atom. The normalized spacial score (nSPS) is 10.5. The number of hydrogen-bond donors (Lipinski definition) is 1. The number of aromatic nitrogens is 2. The van der Waals surface area contributed by atoms with Gasteiger partial charge < -0.3 is 9.57 Å².